The van der Waals surface area contributed by atoms with Gasteiger partial charge in [-0.1, -0.05) is 59.8 Å². The van der Waals surface area contributed by atoms with Crippen LogP contribution in [0.5, 0.6) is 17.2 Å². The highest BCUT2D eigenvalue weighted by atomic mass is 35.5. The van der Waals surface area contributed by atoms with Crippen LogP contribution in [0, 0.1) is 11.3 Å². The van der Waals surface area contributed by atoms with Gasteiger partial charge in [-0.25, -0.2) is 0 Å². The number of hydrogen-bond donors (Lipinski definition) is 0. The highest BCUT2D eigenvalue weighted by molar-refractivity contribution is 8.27. The van der Waals surface area contributed by atoms with Crippen molar-refractivity contribution in [2.24, 2.45) is 0 Å². The number of anilines is 1. The lowest BCUT2D eigenvalue weighted by Crippen LogP contribution is -2.27. The number of carbonyl (C=O) groups is 1. The number of hydrogen-bond acceptors (Lipinski definition) is 7. The Balaban J connectivity index is 1.54. The molecule has 0 aromatic heterocycles. The lowest BCUT2D eigenvalue weighted by Gasteiger charge is -2.15. The fourth-order valence-electron chi connectivity index (χ4n) is 3.44. The van der Waals surface area contributed by atoms with Gasteiger partial charge in [0.25, 0.3) is 5.91 Å². The van der Waals surface area contributed by atoms with E-state index < -0.39 is 0 Å². The fourth-order valence-corrected chi connectivity index (χ4v) is 4.99. The molecule has 0 radical (unpaired) electrons. The summed E-state index contributed by atoms with van der Waals surface area (Å²) >= 11 is 12.9. The standard InChI is InChI=1S/C26H19ClN2O4S2/c1-31-21-10-8-19(13-20(21)27)29-25(30)24(35-26(29)34)12-16-7-9-22(23(11-16)32-2)33-15-18-6-4-3-5-17(18)14-28/h3-13H,15H2,1-2H3/b24-12-. The van der Waals surface area contributed by atoms with Gasteiger partial charge in [-0.3, -0.25) is 9.69 Å². The molecule has 0 aliphatic carbocycles. The molecule has 3 aromatic carbocycles. The summed E-state index contributed by atoms with van der Waals surface area (Å²) < 4.78 is 17.0. The molecule has 1 aliphatic rings. The first-order valence-electron chi connectivity index (χ1n) is 10.4. The zero-order chi connectivity index (χ0) is 24.9. The van der Waals surface area contributed by atoms with Crippen molar-refractivity contribution in [1.29, 1.82) is 5.26 Å². The number of methoxy groups -OCH3 is 2. The molecule has 0 atom stereocenters. The maximum Gasteiger partial charge on any atom is 0.270 e. The van der Waals surface area contributed by atoms with Crippen LogP contribution in [0.25, 0.3) is 6.08 Å². The summed E-state index contributed by atoms with van der Waals surface area (Å²) in [4.78, 5) is 15.0. The predicted octanol–water partition coefficient (Wildman–Crippen LogP) is 6.21. The highest BCUT2D eigenvalue weighted by Crippen LogP contribution is 2.39. The molecule has 1 fully saturated rings. The summed E-state index contributed by atoms with van der Waals surface area (Å²) in [6, 6.07) is 19.9. The van der Waals surface area contributed by atoms with E-state index in [0.29, 0.717) is 42.7 Å². The number of rotatable bonds is 7. The van der Waals surface area contributed by atoms with Crippen molar-refractivity contribution < 1.29 is 19.0 Å². The van der Waals surface area contributed by atoms with Crippen LogP contribution >= 0.6 is 35.6 Å². The van der Waals surface area contributed by atoms with Crippen molar-refractivity contribution in [2.45, 2.75) is 6.61 Å². The third-order valence-corrected chi connectivity index (χ3v) is 6.79. The predicted molar refractivity (Wildman–Crippen MR) is 142 cm³/mol. The van der Waals surface area contributed by atoms with Crippen LogP contribution in [0.2, 0.25) is 5.02 Å². The van der Waals surface area contributed by atoms with Gasteiger partial charge >= 0.3 is 0 Å². The van der Waals surface area contributed by atoms with Gasteiger partial charge in [-0.2, -0.15) is 5.26 Å². The van der Waals surface area contributed by atoms with E-state index in [1.54, 1.807) is 49.6 Å². The summed E-state index contributed by atoms with van der Waals surface area (Å²) in [7, 11) is 3.07. The summed E-state index contributed by atoms with van der Waals surface area (Å²) in [5.41, 5.74) is 2.66. The first kappa shape index (κ1) is 24.6. The van der Waals surface area contributed by atoms with Gasteiger partial charge in [0.05, 0.1) is 41.5 Å². The molecule has 0 unspecified atom stereocenters. The first-order chi connectivity index (χ1) is 16.9. The quantitative estimate of drug-likeness (QED) is 0.269. The molecule has 0 spiro atoms. The Hall–Kier alpha value is -3.51. The molecule has 0 bridgehead atoms. The van der Waals surface area contributed by atoms with Crippen LogP contribution in [-0.4, -0.2) is 24.4 Å². The van der Waals surface area contributed by atoms with Crippen molar-refractivity contribution >= 4 is 57.6 Å². The second-order valence-corrected chi connectivity index (χ2v) is 9.39. The number of nitrogens with zero attached hydrogens (tertiary/aromatic N) is 2. The number of benzene rings is 3. The van der Waals surface area contributed by atoms with Crippen molar-refractivity contribution in [2.75, 3.05) is 19.1 Å². The van der Waals surface area contributed by atoms with Gasteiger partial charge in [0.1, 0.15) is 12.4 Å². The molecular weight excluding hydrogens is 504 g/mol. The van der Waals surface area contributed by atoms with Gasteiger partial charge in [0.2, 0.25) is 0 Å². The smallest absolute Gasteiger partial charge is 0.270 e. The number of thioether (sulfide) groups is 1. The highest BCUT2D eigenvalue weighted by Gasteiger charge is 2.33. The fraction of sp³-hybridized carbons (Fsp3) is 0.115. The molecule has 0 saturated carbocycles. The van der Waals surface area contributed by atoms with Crippen molar-refractivity contribution in [3.8, 4) is 23.3 Å². The number of nitriles is 1. The van der Waals surface area contributed by atoms with Crippen LogP contribution in [-0.2, 0) is 11.4 Å². The van der Waals surface area contributed by atoms with E-state index in [0.717, 1.165) is 11.1 Å². The minimum absolute atomic E-state index is 0.225. The van der Waals surface area contributed by atoms with E-state index in [1.807, 2.05) is 24.3 Å². The molecule has 35 heavy (non-hydrogen) atoms. The lowest BCUT2D eigenvalue weighted by atomic mass is 10.1. The molecule has 1 amide bonds. The van der Waals surface area contributed by atoms with Crippen molar-refractivity contribution in [1.82, 2.24) is 0 Å². The van der Waals surface area contributed by atoms with Crippen LogP contribution in [0.4, 0.5) is 5.69 Å². The van der Waals surface area contributed by atoms with Gasteiger partial charge in [-0.15, -0.1) is 0 Å². The minimum atomic E-state index is -0.242. The lowest BCUT2D eigenvalue weighted by molar-refractivity contribution is -0.113. The van der Waals surface area contributed by atoms with Gasteiger partial charge in [-0.05, 0) is 48.0 Å². The number of ether oxygens (including phenoxy) is 3. The summed E-state index contributed by atoms with van der Waals surface area (Å²) in [6.45, 7) is 0.225. The minimum Gasteiger partial charge on any atom is -0.495 e. The SMILES string of the molecule is COc1ccc(N2C(=O)/C(=C/c3ccc(OCc4ccccc4C#N)c(OC)c3)SC2=S)cc1Cl. The van der Waals surface area contributed by atoms with Crippen LogP contribution in [0.15, 0.2) is 65.6 Å². The van der Waals surface area contributed by atoms with E-state index in [9.17, 15) is 10.1 Å². The topological polar surface area (TPSA) is 71.8 Å². The number of carbonyl (C=O) groups excluding carboxylic acids is 1. The van der Waals surface area contributed by atoms with E-state index in [2.05, 4.69) is 6.07 Å². The summed E-state index contributed by atoms with van der Waals surface area (Å²) in [5.74, 6) is 1.30. The van der Waals surface area contributed by atoms with E-state index in [4.69, 9.17) is 38.0 Å². The average Bonchev–Trinajstić information content (AvgIpc) is 3.15. The van der Waals surface area contributed by atoms with Crippen LogP contribution in [0.1, 0.15) is 16.7 Å². The molecule has 4 rings (SSSR count). The van der Waals surface area contributed by atoms with Crippen molar-refractivity contribution in [3.05, 3.63) is 87.3 Å². The molecule has 0 N–H and O–H groups in total. The van der Waals surface area contributed by atoms with Crippen LogP contribution in [0.3, 0.4) is 0 Å². The number of amides is 1. The Kier molecular flexibility index (Phi) is 7.61. The Morgan fingerprint density at radius 1 is 1.06 bits per heavy atom. The number of thiocarbonyl (C=S) groups is 1. The zero-order valence-corrected chi connectivity index (χ0v) is 21.2. The molecule has 1 saturated heterocycles. The maximum absolute atomic E-state index is 13.1. The average molecular weight is 523 g/mol. The summed E-state index contributed by atoms with van der Waals surface area (Å²) in [5, 5.41) is 9.66. The molecular formula is C26H19ClN2O4S2. The normalized spacial score (nSPS) is 14.2. The number of halogens is 1. The van der Waals surface area contributed by atoms with Gasteiger partial charge in [0.15, 0.2) is 15.8 Å². The van der Waals surface area contributed by atoms with E-state index in [-0.39, 0.29) is 12.5 Å². The monoisotopic (exact) mass is 522 g/mol. The molecule has 3 aromatic rings. The van der Waals surface area contributed by atoms with E-state index >= 15 is 0 Å². The molecule has 1 aliphatic heterocycles. The zero-order valence-electron chi connectivity index (χ0n) is 18.8. The maximum atomic E-state index is 13.1. The molecule has 9 heteroatoms. The second kappa shape index (κ2) is 10.8. The molecule has 176 valence electrons. The second-order valence-electron chi connectivity index (χ2n) is 7.30. The molecule has 6 nitrogen and oxygen atoms in total. The Labute approximate surface area is 217 Å². The third kappa shape index (κ3) is 5.28. The van der Waals surface area contributed by atoms with E-state index in [1.165, 1.54) is 23.8 Å². The first-order valence-corrected chi connectivity index (χ1v) is 12.0. The largest absolute Gasteiger partial charge is 0.495 e. The Bertz CT molecular complexity index is 1380. The Morgan fingerprint density at radius 2 is 1.80 bits per heavy atom. The van der Waals surface area contributed by atoms with Gasteiger partial charge in [0, 0.05) is 5.56 Å². The Morgan fingerprint density at radius 3 is 2.51 bits per heavy atom. The summed E-state index contributed by atoms with van der Waals surface area (Å²) in [6.07, 6.45) is 1.75. The molecule has 1 heterocycles. The third-order valence-electron chi connectivity index (χ3n) is 5.19. The van der Waals surface area contributed by atoms with Gasteiger partial charge < -0.3 is 14.2 Å². The van der Waals surface area contributed by atoms with Crippen molar-refractivity contribution in [3.63, 3.8) is 0 Å². The van der Waals surface area contributed by atoms with Crippen LogP contribution < -0.4 is 19.1 Å².